The molecule has 0 aliphatic heterocycles. The van der Waals surface area contributed by atoms with E-state index in [9.17, 15) is 4.39 Å². The molecule has 1 aromatic heterocycles. The molecule has 0 bridgehead atoms. The van der Waals surface area contributed by atoms with Crippen molar-refractivity contribution < 1.29 is 9.13 Å². The Bertz CT molecular complexity index is 557. The summed E-state index contributed by atoms with van der Waals surface area (Å²) in [4.78, 5) is 3.72. The van der Waals surface area contributed by atoms with Gasteiger partial charge in [-0.2, -0.15) is 0 Å². The number of rotatable bonds is 3. The highest BCUT2D eigenvalue weighted by atomic mass is 19.1. The number of pyridine rings is 1. The van der Waals surface area contributed by atoms with E-state index in [1.54, 1.807) is 13.2 Å². The summed E-state index contributed by atoms with van der Waals surface area (Å²) in [6.45, 7) is 1.93. The van der Waals surface area contributed by atoms with E-state index >= 15 is 0 Å². The zero-order valence-corrected chi connectivity index (χ0v) is 10.4. The van der Waals surface area contributed by atoms with Gasteiger partial charge in [-0.15, -0.1) is 0 Å². The molecule has 1 aromatic carbocycles. The molecule has 0 fully saturated rings. The van der Waals surface area contributed by atoms with Gasteiger partial charge >= 0.3 is 0 Å². The molecule has 0 saturated carbocycles. The molecular weight excluding hydrogens is 231 g/mol. The van der Waals surface area contributed by atoms with Gasteiger partial charge in [0.1, 0.15) is 11.6 Å². The lowest BCUT2D eigenvalue weighted by Gasteiger charge is -2.16. The van der Waals surface area contributed by atoms with E-state index in [1.165, 1.54) is 12.4 Å². The second kappa shape index (κ2) is 5.14. The number of nitrogens with two attached hydrogens (primary N) is 1. The van der Waals surface area contributed by atoms with Crippen molar-refractivity contribution >= 4 is 0 Å². The summed E-state index contributed by atoms with van der Waals surface area (Å²) < 4.78 is 18.8. The topological polar surface area (TPSA) is 48.1 Å². The minimum atomic E-state index is -0.501. The van der Waals surface area contributed by atoms with Crippen LogP contribution in [0.2, 0.25) is 0 Å². The summed E-state index contributed by atoms with van der Waals surface area (Å²) in [5, 5.41) is 0. The fraction of sp³-hybridized carbons (Fsp3) is 0.214. The van der Waals surface area contributed by atoms with Crippen LogP contribution in [-0.4, -0.2) is 12.1 Å². The zero-order valence-electron chi connectivity index (χ0n) is 10.4. The van der Waals surface area contributed by atoms with Crippen molar-refractivity contribution in [1.82, 2.24) is 4.98 Å². The fourth-order valence-electron chi connectivity index (χ4n) is 1.93. The summed E-state index contributed by atoms with van der Waals surface area (Å²) in [5.74, 6) is 0.374. The van der Waals surface area contributed by atoms with Crippen LogP contribution in [-0.2, 0) is 0 Å². The third-order valence-corrected chi connectivity index (χ3v) is 2.95. The molecule has 18 heavy (non-hydrogen) atoms. The fourth-order valence-corrected chi connectivity index (χ4v) is 1.93. The maximum atomic E-state index is 13.6. The summed E-state index contributed by atoms with van der Waals surface area (Å²) in [6.07, 6.45) is 2.71. The SMILES string of the molecule is COc1ccc(C(N)c2ccncc2F)c(C)c1. The molecule has 4 heteroatoms. The van der Waals surface area contributed by atoms with Gasteiger partial charge in [-0.1, -0.05) is 6.07 Å². The van der Waals surface area contributed by atoms with E-state index in [-0.39, 0.29) is 5.82 Å². The predicted molar refractivity (Wildman–Crippen MR) is 68.0 cm³/mol. The molecule has 0 aliphatic carbocycles. The molecule has 1 heterocycles. The molecule has 1 atom stereocenters. The molecule has 0 saturated heterocycles. The Morgan fingerprint density at radius 1 is 1.28 bits per heavy atom. The maximum absolute atomic E-state index is 13.6. The van der Waals surface area contributed by atoms with Gasteiger partial charge in [-0.25, -0.2) is 4.39 Å². The van der Waals surface area contributed by atoms with Gasteiger partial charge < -0.3 is 10.5 Å². The molecule has 94 valence electrons. The van der Waals surface area contributed by atoms with Crippen LogP contribution in [0.25, 0.3) is 0 Å². The number of aromatic nitrogens is 1. The second-order valence-corrected chi connectivity index (χ2v) is 4.10. The van der Waals surface area contributed by atoms with Gasteiger partial charge in [-0.3, -0.25) is 4.98 Å². The highest BCUT2D eigenvalue weighted by Crippen LogP contribution is 2.26. The van der Waals surface area contributed by atoms with E-state index < -0.39 is 6.04 Å². The van der Waals surface area contributed by atoms with Crippen LogP contribution in [0.3, 0.4) is 0 Å². The number of nitrogens with zero attached hydrogens (tertiary/aromatic N) is 1. The first kappa shape index (κ1) is 12.5. The molecular formula is C14H15FN2O. The number of benzene rings is 1. The Morgan fingerprint density at radius 2 is 2.06 bits per heavy atom. The molecule has 1 unspecified atom stereocenters. The Balaban J connectivity index is 2.40. The van der Waals surface area contributed by atoms with Crippen LogP contribution >= 0.6 is 0 Å². The summed E-state index contributed by atoms with van der Waals surface area (Å²) in [6, 6.07) is 6.66. The maximum Gasteiger partial charge on any atom is 0.146 e. The molecule has 0 amide bonds. The van der Waals surface area contributed by atoms with Crippen LogP contribution in [0.1, 0.15) is 22.7 Å². The van der Waals surface area contributed by atoms with Gasteiger partial charge in [0.25, 0.3) is 0 Å². The van der Waals surface area contributed by atoms with Crippen molar-refractivity contribution in [3.05, 3.63) is 59.2 Å². The Hall–Kier alpha value is -1.94. The third-order valence-electron chi connectivity index (χ3n) is 2.95. The Kier molecular flexibility index (Phi) is 3.58. The van der Waals surface area contributed by atoms with E-state index in [0.717, 1.165) is 16.9 Å². The van der Waals surface area contributed by atoms with Crippen molar-refractivity contribution in [2.45, 2.75) is 13.0 Å². The summed E-state index contributed by atoms with van der Waals surface area (Å²) >= 11 is 0. The van der Waals surface area contributed by atoms with Gasteiger partial charge in [-0.05, 0) is 36.2 Å². The Labute approximate surface area is 105 Å². The van der Waals surface area contributed by atoms with E-state index in [1.807, 2.05) is 25.1 Å². The predicted octanol–water partition coefficient (Wildman–Crippen LogP) is 2.59. The van der Waals surface area contributed by atoms with Crippen molar-refractivity contribution in [3.63, 3.8) is 0 Å². The first-order valence-corrected chi connectivity index (χ1v) is 5.63. The Morgan fingerprint density at radius 3 is 2.67 bits per heavy atom. The van der Waals surface area contributed by atoms with Gasteiger partial charge in [0.05, 0.1) is 19.3 Å². The lowest BCUT2D eigenvalue weighted by Crippen LogP contribution is -2.15. The van der Waals surface area contributed by atoms with Crippen molar-refractivity contribution in [2.24, 2.45) is 5.73 Å². The largest absolute Gasteiger partial charge is 0.497 e. The molecule has 2 aromatic rings. The number of hydrogen-bond acceptors (Lipinski definition) is 3. The third kappa shape index (κ3) is 2.33. The van der Waals surface area contributed by atoms with Crippen molar-refractivity contribution in [3.8, 4) is 5.75 Å². The van der Waals surface area contributed by atoms with Crippen LogP contribution in [0, 0.1) is 12.7 Å². The smallest absolute Gasteiger partial charge is 0.146 e. The van der Waals surface area contributed by atoms with E-state index in [0.29, 0.717) is 5.56 Å². The van der Waals surface area contributed by atoms with Crippen LogP contribution in [0.5, 0.6) is 5.75 Å². The highest BCUT2D eigenvalue weighted by Gasteiger charge is 2.15. The van der Waals surface area contributed by atoms with E-state index in [2.05, 4.69) is 4.98 Å². The average Bonchev–Trinajstić information content (AvgIpc) is 2.38. The molecule has 0 aliphatic rings. The molecule has 2 N–H and O–H groups in total. The molecule has 0 spiro atoms. The number of aryl methyl sites for hydroxylation is 1. The minimum absolute atomic E-state index is 0.389. The van der Waals surface area contributed by atoms with Crippen LogP contribution in [0.4, 0.5) is 4.39 Å². The number of hydrogen-bond donors (Lipinski definition) is 1. The first-order chi connectivity index (χ1) is 8.63. The van der Waals surface area contributed by atoms with E-state index in [4.69, 9.17) is 10.5 Å². The average molecular weight is 246 g/mol. The number of ether oxygens (including phenoxy) is 1. The summed E-state index contributed by atoms with van der Waals surface area (Å²) in [7, 11) is 1.61. The molecule has 0 radical (unpaired) electrons. The lowest BCUT2D eigenvalue weighted by atomic mass is 9.96. The second-order valence-electron chi connectivity index (χ2n) is 4.10. The molecule has 2 rings (SSSR count). The van der Waals surface area contributed by atoms with Gasteiger partial charge in [0, 0.05) is 11.8 Å². The lowest BCUT2D eigenvalue weighted by molar-refractivity contribution is 0.414. The monoisotopic (exact) mass is 246 g/mol. The van der Waals surface area contributed by atoms with Gasteiger partial charge in [0.2, 0.25) is 0 Å². The highest BCUT2D eigenvalue weighted by molar-refractivity contribution is 5.40. The summed E-state index contributed by atoms with van der Waals surface area (Å²) in [5.41, 5.74) is 8.39. The quantitative estimate of drug-likeness (QED) is 0.905. The van der Waals surface area contributed by atoms with Crippen molar-refractivity contribution in [1.29, 1.82) is 0 Å². The minimum Gasteiger partial charge on any atom is -0.497 e. The number of methoxy groups -OCH3 is 1. The number of halogens is 1. The van der Waals surface area contributed by atoms with Gasteiger partial charge in [0.15, 0.2) is 0 Å². The molecule has 3 nitrogen and oxygen atoms in total. The van der Waals surface area contributed by atoms with Crippen LogP contribution < -0.4 is 10.5 Å². The zero-order chi connectivity index (χ0) is 13.1. The van der Waals surface area contributed by atoms with Crippen molar-refractivity contribution in [2.75, 3.05) is 7.11 Å². The van der Waals surface area contributed by atoms with Crippen LogP contribution in [0.15, 0.2) is 36.7 Å². The first-order valence-electron chi connectivity index (χ1n) is 5.63. The normalized spacial score (nSPS) is 12.2. The standard InChI is InChI=1S/C14H15FN2O/c1-9-7-10(18-2)3-4-11(9)14(16)12-5-6-17-8-13(12)15/h3-8,14H,16H2,1-2H3.